The van der Waals surface area contributed by atoms with Gasteiger partial charge in [0, 0.05) is 5.38 Å². The van der Waals surface area contributed by atoms with E-state index in [0.717, 1.165) is 42.1 Å². The van der Waals surface area contributed by atoms with Gasteiger partial charge in [-0.1, -0.05) is 25.5 Å². The third kappa shape index (κ3) is 3.66. The van der Waals surface area contributed by atoms with Gasteiger partial charge in [-0.25, -0.2) is 14.5 Å². The summed E-state index contributed by atoms with van der Waals surface area (Å²) in [6.45, 7) is 4.74. The van der Waals surface area contributed by atoms with Crippen molar-refractivity contribution in [2.24, 2.45) is 0 Å². The molecule has 114 valence electrons. The molecule has 0 unspecified atom stereocenters. The highest BCUT2D eigenvalue weighted by Crippen LogP contribution is 2.15. The smallest absolute Gasteiger partial charge is 0.360 e. The van der Waals surface area contributed by atoms with Gasteiger partial charge in [0.05, 0.1) is 30.1 Å². The molecule has 21 heavy (non-hydrogen) atoms. The van der Waals surface area contributed by atoms with Crippen molar-refractivity contribution >= 4 is 17.3 Å². The maximum absolute atomic E-state index is 11.7. The van der Waals surface area contributed by atoms with Crippen LogP contribution >= 0.6 is 11.3 Å². The monoisotopic (exact) mass is 308 g/mol. The van der Waals surface area contributed by atoms with Crippen LogP contribution in [0.25, 0.3) is 0 Å². The Morgan fingerprint density at radius 3 is 2.76 bits per heavy atom. The van der Waals surface area contributed by atoms with Gasteiger partial charge in [0.15, 0.2) is 5.69 Å². The van der Waals surface area contributed by atoms with Crippen molar-refractivity contribution in [2.75, 3.05) is 7.11 Å². The van der Waals surface area contributed by atoms with Crippen LogP contribution in [0.5, 0.6) is 0 Å². The standard InChI is InChI=1S/C14H20N4O2S/c1-4-6-11-13(14(19)20-3)16-17-18(11)8-10-9-21-12(15-10)7-5-2/h9H,4-8H2,1-3H3. The van der Waals surface area contributed by atoms with Crippen molar-refractivity contribution in [2.45, 2.75) is 46.1 Å². The quantitative estimate of drug-likeness (QED) is 0.735. The maximum Gasteiger partial charge on any atom is 0.360 e. The van der Waals surface area contributed by atoms with Crippen molar-refractivity contribution < 1.29 is 9.53 Å². The Labute approximate surface area is 128 Å². The summed E-state index contributed by atoms with van der Waals surface area (Å²) >= 11 is 1.67. The highest BCUT2D eigenvalue weighted by molar-refractivity contribution is 7.09. The molecule has 0 saturated carbocycles. The Bertz CT molecular complexity index is 606. The van der Waals surface area contributed by atoms with E-state index in [1.807, 2.05) is 5.38 Å². The van der Waals surface area contributed by atoms with Crippen LogP contribution in [0.1, 0.15) is 53.6 Å². The van der Waals surface area contributed by atoms with Crippen LogP contribution in [0, 0.1) is 0 Å². The molecule has 0 saturated heterocycles. The number of hydrogen-bond donors (Lipinski definition) is 0. The molecular formula is C14H20N4O2S. The summed E-state index contributed by atoms with van der Waals surface area (Å²) in [4.78, 5) is 16.3. The van der Waals surface area contributed by atoms with Gasteiger partial charge >= 0.3 is 5.97 Å². The average Bonchev–Trinajstić information content (AvgIpc) is 3.08. The van der Waals surface area contributed by atoms with E-state index in [1.54, 1.807) is 16.0 Å². The number of carbonyl (C=O) groups excluding carboxylic acids is 1. The molecule has 2 heterocycles. The molecule has 2 aromatic rings. The Morgan fingerprint density at radius 1 is 1.33 bits per heavy atom. The first-order chi connectivity index (χ1) is 10.2. The molecule has 0 amide bonds. The first-order valence-corrected chi connectivity index (χ1v) is 8.01. The summed E-state index contributed by atoms with van der Waals surface area (Å²) in [7, 11) is 1.36. The van der Waals surface area contributed by atoms with Crippen LogP contribution in [0.3, 0.4) is 0 Å². The summed E-state index contributed by atoms with van der Waals surface area (Å²) in [5, 5.41) is 11.2. The van der Waals surface area contributed by atoms with Crippen LogP contribution < -0.4 is 0 Å². The number of aryl methyl sites for hydroxylation is 1. The number of hydrogen-bond acceptors (Lipinski definition) is 6. The van der Waals surface area contributed by atoms with Crippen LogP contribution in [0.15, 0.2) is 5.38 Å². The van der Waals surface area contributed by atoms with Gasteiger partial charge in [-0.2, -0.15) is 0 Å². The van der Waals surface area contributed by atoms with E-state index >= 15 is 0 Å². The van der Waals surface area contributed by atoms with Crippen molar-refractivity contribution in [3.63, 3.8) is 0 Å². The summed E-state index contributed by atoms with van der Waals surface area (Å²) in [5.41, 5.74) is 2.08. The lowest BCUT2D eigenvalue weighted by Gasteiger charge is -2.04. The van der Waals surface area contributed by atoms with Gasteiger partial charge in [-0.15, -0.1) is 16.4 Å². The normalized spacial score (nSPS) is 10.8. The maximum atomic E-state index is 11.7. The molecule has 0 fully saturated rings. The highest BCUT2D eigenvalue weighted by atomic mass is 32.1. The number of methoxy groups -OCH3 is 1. The SMILES string of the molecule is CCCc1nc(Cn2nnc(C(=O)OC)c2CCC)cs1. The van der Waals surface area contributed by atoms with E-state index in [9.17, 15) is 4.79 Å². The third-order valence-electron chi connectivity index (χ3n) is 3.08. The van der Waals surface area contributed by atoms with Crippen LogP contribution in [-0.4, -0.2) is 33.1 Å². The lowest BCUT2D eigenvalue weighted by Crippen LogP contribution is -2.10. The van der Waals surface area contributed by atoms with Crippen LogP contribution in [-0.2, 0) is 24.1 Å². The molecule has 2 aromatic heterocycles. The number of thiazole rings is 1. The molecule has 0 atom stereocenters. The summed E-state index contributed by atoms with van der Waals surface area (Å²) in [5.74, 6) is -0.436. The number of rotatable bonds is 7. The molecule has 0 bridgehead atoms. The number of ether oxygens (including phenoxy) is 1. The molecular weight excluding hydrogens is 288 g/mol. The molecule has 0 aliphatic rings. The van der Waals surface area contributed by atoms with E-state index in [-0.39, 0.29) is 0 Å². The number of aromatic nitrogens is 4. The van der Waals surface area contributed by atoms with Crippen molar-refractivity contribution in [3.8, 4) is 0 Å². The Kier molecular flexibility index (Phi) is 5.44. The minimum atomic E-state index is -0.436. The zero-order chi connectivity index (χ0) is 15.2. The Balaban J connectivity index is 2.22. The molecule has 0 N–H and O–H groups in total. The fourth-order valence-corrected chi connectivity index (χ4v) is 2.99. The fourth-order valence-electron chi connectivity index (χ4n) is 2.10. The number of carbonyl (C=O) groups is 1. The number of nitrogens with zero attached hydrogens (tertiary/aromatic N) is 4. The first-order valence-electron chi connectivity index (χ1n) is 7.13. The lowest BCUT2D eigenvalue weighted by molar-refractivity contribution is 0.0592. The molecule has 0 spiro atoms. The highest BCUT2D eigenvalue weighted by Gasteiger charge is 2.20. The van der Waals surface area contributed by atoms with E-state index < -0.39 is 5.97 Å². The average molecular weight is 308 g/mol. The predicted molar refractivity (Wildman–Crippen MR) is 80.6 cm³/mol. The topological polar surface area (TPSA) is 69.9 Å². The molecule has 0 radical (unpaired) electrons. The fraction of sp³-hybridized carbons (Fsp3) is 0.571. The van der Waals surface area contributed by atoms with Crippen molar-refractivity contribution in [3.05, 3.63) is 27.5 Å². The van der Waals surface area contributed by atoms with Crippen molar-refractivity contribution in [1.29, 1.82) is 0 Å². The molecule has 6 nitrogen and oxygen atoms in total. The predicted octanol–water partition coefficient (Wildman–Crippen LogP) is 2.47. The van der Waals surface area contributed by atoms with Gasteiger partial charge in [0.25, 0.3) is 0 Å². The van der Waals surface area contributed by atoms with Crippen molar-refractivity contribution in [1.82, 2.24) is 20.0 Å². The van der Waals surface area contributed by atoms with Gasteiger partial charge in [0.2, 0.25) is 0 Å². The molecule has 7 heteroatoms. The Hall–Kier alpha value is -1.76. The van der Waals surface area contributed by atoms with Gasteiger partial charge in [-0.3, -0.25) is 0 Å². The summed E-state index contributed by atoms with van der Waals surface area (Å²) < 4.78 is 6.51. The van der Waals surface area contributed by atoms with Crippen LogP contribution in [0.4, 0.5) is 0 Å². The van der Waals surface area contributed by atoms with Gasteiger partial charge < -0.3 is 4.74 Å². The third-order valence-corrected chi connectivity index (χ3v) is 4.04. The Morgan fingerprint density at radius 2 is 2.10 bits per heavy atom. The molecule has 2 rings (SSSR count). The van der Waals surface area contributed by atoms with Gasteiger partial charge in [-0.05, 0) is 19.3 Å². The van der Waals surface area contributed by atoms with E-state index in [2.05, 4.69) is 29.1 Å². The van der Waals surface area contributed by atoms with Gasteiger partial charge in [0.1, 0.15) is 0 Å². The lowest BCUT2D eigenvalue weighted by atomic mass is 10.2. The van der Waals surface area contributed by atoms with E-state index in [4.69, 9.17) is 4.74 Å². The second-order valence-corrected chi connectivity index (χ2v) is 5.71. The molecule has 0 aromatic carbocycles. The zero-order valence-corrected chi connectivity index (χ0v) is 13.4. The second kappa shape index (κ2) is 7.31. The largest absolute Gasteiger partial charge is 0.464 e. The minimum Gasteiger partial charge on any atom is -0.464 e. The first kappa shape index (κ1) is 15.6. The van der Waals surface area contributed by atoms with Crippen LogP contribution in [0.2, 0.25) is 0 Å². The van der Waals surface area contributed by atoms with E-state index in [1.165, 1.54) is 7.11 Å². The summed E-state index contributed by atoms with van der Waals surface area (Å²) in [6.07, 6.45) is 3.74. The second-order valence-electron chi connectivity index (χ2n) is 4.77. The van der Waals surface area contributed by atoms with E-state index in [0.29, 0.717) is 12.2 Å². The minimum absolute atomic E-state index is 0.309. The molecule has 0 aliphatic carbocycles. The summed E-state index contributed by atoms with van der Waals surface area (Å²) in [6, 6.07) is 0. The zero-order valence-electron chi connectivity index (χ0n) is 12.6. The molecule has 0 aliphatic heterocycles. The number of esters is 1.